The van der Waals surface area contributed by atoms with Crippen LogP contribution in [0.2, 0.25) is 0 Å². The number of carbonyl (C=O) groups is 5. The van der Waals surface area contributed by atoms with Crippen molar-refractivity contribution in [1.82, 2.24) is 15.1 Å². The summed E-state index contributed by atoms with van der Waals surface area (Å²) in [5, 5.41) is 3.65. The number of amides is 2. The van der Waals surface area contributed by atoms with Crippen molar-refractivity contribution < 1.29 is 24.0 Å². The molecule has 4 aliphatic carbocycles. The fourth-order valence-corrected chi connectivity index (χ4v) is 12.6. The van der Waals surface area contributed by atoms with Crippen LogP contribution in [0.4, 0.5) is 0 Å². The number of primary amides is 1. The van der Waals surface area contributed by atoms with E-state index >= 15 is 4.79 Å². The number of likely N-dealkylation sites (tertiary alicyclic amines) is 1. The van der Waals surface area contributed by atoms with Crippen LogP contribution in [0.5, 0.6) is 0 Å². The largest absolute Gasteiger partial charge is 0.363 e. The molecule has 2 saturated heterocycles. The lowest BCUT2D eigenvalue weighted by Crippen LogP contribution is -2.55. The van der Waals surface area contributed by atoms with E-state index in [1.807, 2.05) is 4.90 Å². The average Bonchev–Trinajstić information content (AvgIpc) is 3.25. The summed E-state index contributed by atoms with van der Waals surface area (Å²) in [7, 11) is 0. The van der Waals surface area contributed by atoms with Crippen molar-refractivity contribution in [2.24, 2.45) is 57.0 Å². The number of nitrogens with zero attached hydrogens (tertiary/aromatic N) is 2. The third-order valence-electron chi connectivity index (χ3n) is 16.1. The van der Waals surface area contributed by atoms with Crippen molar-refractivity contribution in [2.45, 2.75) is 169 Å². The zero-order valence-corrected chi connectivity index (χ0v) is 34.3. The normalized spacial score (nSPS) is 31.8. The molecule has 6 aliphatic rings. The van der Waals surface area contributed by atoms with Gasteiger partial charge in [-0.15, -0.1) is 0 Å². The molecule has 53 heavy (non-hydrogen) atoms. The Morgan fingerprint density at radius 3 is 1.98 bits per heavy atom. The van der Waals surface area contributed by atoms with Gasteiger partial charge in [0.2, 0.25) is 11.7 Å². The Balaban J connectivity index is 1.22. The molecule has 0 aromatic rings. The van der Waals surface area contributed by atoms with Gasteiger partial charge in [0.25, 0.3) is 5.91 Å². The van der Waals surface area contributed by atoms with Crippen molar-refractivity contribution in [3.8, 4) is 0 Å². The summed E-state index contributed by atoms with van der Waals surface area (Å²) in [6.45, 7) is 18.7. The summed E-state index contributed by atoms with van der Waals surface area (Å²) in [6.07, 6.45) is 14.3. The lowest BCUT2D eigenvalue weighted by molar-refractivity contribution is -0.147. The van der Waals surface area contributed by atoms with Gasteiger partial charge in [0, 0.05) is 74.8 Å². The first kappa shape index (κ1) is 40.5. The summed E-state index contributed by atoms with van der Waals surface area (Å²) in [5.74, 6) is -1.83. The predicted octanol–water partition coefficient (Wildman–Crippen LogP) is 6.49. The molecule has 1 unspecified atom stereocenters. The van der Waals surface area contributed by atoms with Crippen LogP contribution in [-0.2, 0) is 24.0 Å². The molecule has 2 aliphatic heterocycles. The Labute approximate surface area is 320 Å². The number of hydrogen-bond donors (Lipinski definition) is 2. The highest BCUT2D eigenvalue weighted by Crippen LogP contribution is 2.88. The number of ketones is 3. The summed E-state index contributed by atoms with van der Waals surface area (Å²) in [6, 6.07) is 0.182. The first-order valence-electron chi connectivity index (χ1n) is 21.6. The van der Waals surface area contributed by atoms with Gasteiger partial charge < -0.3 is 16.0 Å². The molecular weight excluding hydrogens is 665 g/mol. The third-order valence-corrected chi connectivity index (χ3v) is 16.1. The predicted molar refractivity (Wildman–Crippen MR) is 208 cm³/mol. The summed E-state index contributed by atoms with van der Waals surface area (Å²) in [4.78, 5) is 73.5. The minimum absolute atomic E-state index is 0.000577. The second-order valence-corrected chi connectivity index (χ2v) is 20.7. The van der Waals surface area contributed by atoms with Gasteiger partial charge in [0.1, 0.15) is 5.78 Å². The van der Waals surface area contributed by atoms with Crippen LogP contribution < -0.4 is 11.1 Å². The van der Waals surface area contributed by atoms with E-state index in [-0.39, 0.29) is 52.5 Å². The molecule has 0 aromatic carbocycles. The van der Waals surface area contributed by atoms with E-state index in [4.69, 9.17) is 5.73 Å². The highest BCUT2D eigenvalue weighted by Gasteiger charge is 2.85. The van der Waals surface area contributed by atoms with Crippen molar-refractivity contribution in [3.63, 3.8) is 0 Å². The van der Waals surface area contributed by atoms with Crippen LogP contribution in [0.1, 0.15) is 151 Å². The van der Waals surface area contributed by atoms with Crippen LogP contribution in [-0.4, -0.2) is 83.3 Å². The van der Waals surface area contributed by atoms with Gasteiger partial charge in [0.05, 0.1) is 6.04 Å². The number of fused-ring (bicyclic) bond motifs is 1. The monoisotopic (exact) mass is 737 g/mol. The molecule has 0 aromatic heterocycles. The second-order valence-electron chi connectivity index (χ2n) is 20.7. The standard InChI is InChI=1S/C44H72N4O5/c1-28-24-47(25-29(2)46-28)26-33(31-15-9-8-10-16-31)20-34(49)22-35(41(3,4)5)40(53)48-27-44(42(6,7)43(44)17-12-18-43)23-36(48)37(50)21-32(38(51)39(45)52)19-30-13-11-14-30/h28-33,35-36,46H,8-27H2,1-7H3,(H2,45,52)/t28-,29+,32?,33-,35-,36+,44-/m1/s1. The van der Waals surface area contributed by atoms with Gasteiger partial charge in [0.15, 0.2) is 5.78 Å². The topological polar surface area (TPSA) is 130 Å². The zero-order valence-electron chi connectivity index (χ0n) is 34.3. The fraction of sp³-hybridized carbons (Fsp3) is 0.886. The molecule has 4 saturated carbocycles. The minimum atomic E-state index is -0.978. The highest BCUT2D eigenvalue weighted by atomic mass is 16.2. The van der Waals surface area contributed by atoms with Crippen LogP contribution in [0.25, 0.3) is 0 Å². The summed E-state index contributed by atoms with van der Waals surface area (Å²) in [5.41, 5.74) is 5.00. The maximum atomic E-state index is 15.1. The smallest absolute Gasteiger partial charge is 0.285 e. The minimum Gasteiger partial charge on any atom is -0.363 e. The lowest BCUT2D eigenvalue weighted by atomic mass is 9.73. The molecule has 2 spiro atoms. The van der Waals surface area contributed by atoms with Gasteiger partial charge in [-0.05, 0) is 73.5 Å². The van der Waals surface area contributed by atoms with Gasteiger partial charge >= 0.3 is 0 Å². The Morgan fingerprint density at radius 1 is 0.830 bits per heavy atom. The molecule has 3 N–H and O–H groups in total. The van der Waals surface area contributed by atoms with E-state index < -0.39 is 35.0 Å². The number of carbonyl (C=O) groups excluding carboxylic acids is 5. The Morgan fingerprint density at radius 2 is 1.47 bits per heavy atom. The van der Waals surface area contributed by atoms with Gasteiger partial charge in [-0.25, -0.2) is 0 Å². The number of rotatable bonds is 15. The van der Waals surface area contributed by atoms with E-state index in [9.17, 15) is 19.2 Å². The summed E-state index contributed by atoms with van der Waals surface area (Å²) < 4.78 is 0. The van der Waals surface area contributed by atoms with Crippen LogP contribution in [0, 0.1) is 51.2 Å². The molecule has 0 radical (unpaired) electrons. The van der Waals surface area contributed by atoms with Gasteiger partial charge in [-0.3, -0.25) is 28.9 Å². The molecule has 2 heterocycles. The number of piperazine rings is 1. The van der Waals surface area contributed by atoms with Crippen molar-refractivity contribution >= 4 is 29.2 Å². The zero-order chi connectivity index (χ0) is 38.5. The third kappa shape index (κ3) is 7.82. The van der Waals surface area contributed by atoms with Crippen LogP contribution in [0.15, 0.2) is 0 Å². The Hall–Kier alpha value is -2.13. The molecule has 6 fully saturated rings. The lowest BCUT2D eigenvalue weighted by Gasteiger charge is -2.40. The Kier molecular flexibility index (Phi) is 11.8. The molecule has 9 heteroatoms. The number of nitrogens with two attached hydrogens (primary N) is 1. The molecule has 7 atom stereocenters. The van der Waals surface area contributed by atoms with Crippen LogP contribution in [0.3, 0.4) is 0 Å². The molecule has 6 rings (SSSR count). The summed E-state index contributed by atoms with van der Waals surface area (Å²) >= 11 is 0. The van der Waals surface area contributed by atoms with Gasteiger partial charge in [-0.1, -0.05) is 92.4 Å². The molecule has 0 bridgehead atoms. The van der Waals surface area contributed by atoms with E-state index in [2.05, 4.69) is 58.7 Å². The van der Waals surface area contributed by atoms with Crippen LogP contribution >= 0.6 is 0 Å². The van der Waals surface area contributed by atoms with E-state index in [0.717, 1.165) is 51.7 Å². The molecule has 298 valence electrons. The molecule has 9 nitrogen and oxygen atoms in total. The maximum Gasteiger partial charge on any atom is 0.285 e. The number of hydrogen-bond acceptors (Lipinski definition) is 7. The van der Waals surface area contributed by atoms with E-state index in [1.165, 1.54) is 38.5 Å². The Bertz CT molecular complexity index is 1390. The van der Waals surface area contributed by atoms with Crippen molar-refractivity contribution in [1.29, 1.82) is 0 Å². The van der Waals surface area contributed by atoms with E-state index in [0.29, 0.717) is 49.7 Å². The van der Waals surface area contributed by atoms with E-state index in [1.54, 1.807) is 0 Å². The van der Waals surface area contributed by atoms with Gasteiger partial charge in [-0.2, -0.15) is 0 Å². The van der Waals surface area contributed by atoms with Crippen molar-refractivity contribution in [3.05, 3.63) is 0 Å². The second kappa shape index (κ2) is 15.4. The average molecular weight is 737 g/mol. The quantitative estimate of drug-likeness (QED) is 0.184. The molecule has 2 amide bonds. The highest BCUT2D eigenvalue weighted by molar-refractivity contribution is 6.36. The number of nitrogens with one attached hydrogen (secondary N) is 1. The van der Waals surface area contributed by atoms with Crippen molar-refractivity contribution in [2.75, 3.05) is 26.2 Å². The SMILES string of the molecule is C[C@@H]1CN(C[C@@H](CC(=O)C[C@H](C(=O)N2C[C@]3(C[C@H]2C(=O)CC(CC2CCC2)C(=O)C(N)=O)C(C)(C)C32CCC2)C(C)(C)C)C2CCCCC2)C[C@H](C)N1. The first-order valence-corrected chi connectivity index (χ1v) is 21.6. The molecular formula is C44H72N4O5. The maximum absolute atomic E-state index is 15.1. The fourth-order valence-electron chi connectivity index (χ4n) is 12.6. The first-order chi connectivity index (χ1) is 24.9. The number of Topliss-reactive ketones (excluding diaryl/α,β-unsaturated/α-hetero) is 3.